The SMILES string of the molecule is CC(C)[C@H]1CCCCC1N. The fraction of sp³-hybridized carbons (Fsp3) is 1.00. The molecular formula is C9H19N. The molecule has 0 amide bonds. The first kappa shape index (κ1) is 8.06. The molecule has 2 atom stereocenters. The van der Waals surface area contributed by atoms with Crippen LogP contribution in [0.25, 0.3) is 0 Å². The monoisotopic (exact) mass is 141 g/mol. The third kappa shape index (κ3) is 1.72. The highest BCUT2D eigenvalue weighted by Gasteiger charge is 2.23. The van der Waals surface area contributed by atoms with E-state index < -0.39 is 0 Å². The van der Waals surface area contributed by atoms with Gasteiger partial charge in [-0.25, -0.2) is 0 Å². The van der Waals surface area contributed by atoms with Gasteiger partial charge in [0, 0.05) is 6.04 Å². The first-order valence-electron chi connectivity index (χ1n) is 4.47. The van der Waals surface area contributed by atoms with Crippen LogP contribution >= 0.6 is 0 Å². The third-order valence-electron chi connectivity index (χ3n) is 2.73. The van der Waals surface area contributed by atoms with Crippen LogP contribution in [0.2, 0.25) is 0 Å². The summed E-state index contributed by atoms with van der Waals surface area (Å²) < 4.78 is 0. The predicted molar refractivity (Wildman–Crippen MR) is 44.8 cm³/mol. The molecule has 0 radical (unpaired) electrons. The average molecular weight is 141 g/mol. The van der Waals surface area contributed by atoms with Crippen LogP contribution < -0.4 is 5.73 Å². The normalized spacial score (nSPS) is 34.8. The second kappa shape index (κ2) is 3.38. The maximum Gasteiger partial charge on any atom is 0.00696 e. The summed E-state index contributed by atoms with van der Waals surface area (Å²) in [6.07, 6.45) is 5.36. The van der Waals surface area contributed by atoms with Gasteiger partial charge in [-0.05, 0) is 24.7 Å². The van der Waals surface area contributed by atoms with Crippen molar-refractivity contribution in [3.05, 3.63) is 0 Å². The molecule has 1 rings (SSSR count). The smallest absolute Gasteiger partial charge is 0.00696 e. The summed E-state index contributed by atoms with van der Waals surface area (Å²) in [4.78, 5) is 0. The Hall–Kier alpha value is -0.0400. The Morgan fingerprint density at radius 2 is 1.80 bits per heavy atom. The number of nitrogens with two attached hydrogens (primary N) is 1. The maximum absolute atomic E-state index is 5.98. The number of rotatable bonds is 1. The molecule has 2 N–H and O–H groups in total. The Balaban J connectivity index is 2.40. The van der Waals surface area contributed by atoms with E-state index in [1.807, 2.05) is 0 Å². The van der Waals surface area contributed by atoms with Crippen molar-refractivity contribution in [1.82, 2.24) is 0 Å². The highest BCUT2D eigenvalue weighted by Crippen LogP contribution is 2.28. The van der Waals surface area contributed by atoms with Crippen LogP contribution in [-0.4, -0.2) is 6.04 Å². The van der Waals surface area contributed by atoms with Gasteiger partial charge < -0.3 is 5.73 Å². The molecule has 1 aliphatic carbocycles. The van der Waals surface area contributed by atoms with Gasteiger partial charge in [-0.1, -0.05) is 26.7 Å². The van der Waals surface area contributed by atoms with Crippen molar-refractivity contribution in [1.29, 1.82) is 0 Å². The molecule has 0 aromatic rings. The van der Waals surface area contributed by atoms with E-state index in [4.69, 9.17) is 5.73 Å². The fourth-order valence-corrected chi connectivity index (χ4v) is 2.02. The number of hydrogen-bond acceptors (Lipinski definition) is 1. The summed E-state index contributed by atoms with van der Waals surface area (Å²) in [6, 6.07) is 0.494. The lowest BCUT2D eigenvalue weighted by atomic mass is 9.78. The van der Waals surface area contributed by atoms with Gasteiger partial charge in [-0.3, -0.25) is 0 Å². The van der Waals surface area contributed by atoms with E-state index in [0.717, 1.165) is 11.8 Å². The molecule has 10 heavy (non-hydrogen) atoms. The maximum atomic E-state index is 5.98. The molecule has 1 nitrogen and oxygen atoms in total. The summed E-state index contributed by atoms with van der Waals surface area (Å²) >= 11 is 0. The van der Waals surface area contributed by atoms with Crippen molar-refractivity contribution in [3.8, 4) is 0 Å². The van der Waals surface area contributed by atoms with E-state index in [-0.39, 0.29) is 0 Å². The fourth-order valence-electron chi connectivity index (χ4n) is 2.02. The zero-order valence-corrected chi connectivity index (χ0v) is 7.14. The Bertz CT molecular complexity index is 98.9. The topological polar surface area (TPSA) is 26.0 Å². The van der Waals surface area contributed by atoms with E-state index in [1.54, 1.807) is 0 Å². The largest absolute Gasteiger partial charge is 0.327 e. The highest BCUT2D eigenvalue weighted by molar-refractivity contribution is 4.79. The number of hydrogen-bond donors (Lipinski definition) is 1. The van der Waals surface area contributed by atoms with E-state index >= 15 is 0 Å². The molecule has 1 heteroatoms. The first-order chi connectivity index (χ1) is 4.72. The van der Waals surface area contributed by atoms with Gasteiger partial charge in [0.15, 0.2) is 0 Å². The van der Waals surface area contributed by atoms with Crippen LogP contribution in [0.1, 0.15) is 39.5 Å². The molecule has 60 valence electrons. The van der Waals surface area contributed by atoms with Gasteiger partial charge in [0.25, 0.3) is 0 Å². The molecule has 1 unspecified atom stereocenters. The minimum atomic E-state index is 0.494. The Morgan fingerprint density at radius 1 is 1.20 bits per heavy atom. The van der Waals surface area contributed by atoms with Crippen molar-refractivity contribution in [3.63, 3.8) is 0 Å². The molecule has 1 fully saturated rings. The molecule has 0 bridgehead atoms. The lowest BCUT2D eigenvalue weighted by Crippen LogP contribution is -2.35. The molecule has 0 aromatic heterocycles. The summed E-state index contributed by atoms with van der Waals surface area (Å²) in [5, 5.41) is 0. The predicted octanol–water partition coefficient (Wildman–Crippen LogP) is 2.16. The van der Waals surface area contributed by atoms with Crippen molar-refractivity contribution in [2.45, 2.75) is 45.6 Å². The molecule has 0 aromatic carbocycles. The van der Waals surface area contributed by atoms with Gasteiger partial charge in [0.05, 0.1) is 0 Å². The van der Waals surface area contributed by atoms with E-state index in [2.05, 4.69) is 13.8 Å². The second-order valence-corrected chi connectivity index (χ2v) is 3.86. The van der Waals surface area contributed by atoms with Crippen LogP contribution in [0.4, 0.5) is 0 Å². The van der Waals surface area contributed by atoms with Gasteiger partial charge in [0.2, 0.25) is 0 Å². The standard InChI is InChI=1S/C9H19N/c1-7(2)8-5-3-4-6-9(8)10/h7-9H,3-6,10H2,1-2H3/t8-,9?/m1/s1. The van der Waals surface area contributed by atoms with Gasteiger partial charge >= 0.3 is 0 Å². The molecule has 0 heterocycles. The lowest BCUT2D eigenvalue weighted by molar-refractivity contribution is 0.240. The molecule has 1 saturated carbocycles. The average Bonchev–Trinajstić information content (AvgIpc) is 1.88. The Labute approximate surface area is 64.0 Å². The van der Waals surface area contributed by atoms with Crippen molar-refractivity contribution in [2.24, 2.45) is 17.6 Å². The first-order valence-corrected chi connectivity index (χ1v) is 4.47. The van der Waals surface area contributed by atoms with E-state index in [1.165, 1.54) is 25.7 Å². The molecule has 0 aliphatic heterocycles. The molecular weight excluding hydrogens is 122 g/mol. The Kier molecular flexibility index (Phi) is 2.72. The summed E-state index contributed by atoms with van der Waals surface area (Å²) in [5.41, 5.74) is 5.98. The third-order valence-corrected chi connectivity index (χ3v) is 2.73. The van der Waals surface area contributed by atoms with Crippen molar-refractivity contribution < 1.29 is 0 Å². The minimum absolute atomic E-state index is 0.494. The zero-order chi connectivity index (χ0) is 7.56. The van der Waals surface area contributed by atoms with E-state index in [0.29, 0.717) is 6.04 Å². The lowest BCUT2D eigenvalue weighted by Gasteiger charge is -2.31. The highest BCUT2D eigenvalue weighted by atomic mass is 14.7. The molecule has 0 spiro atoms. The minimum Gasteiger partial charge on any atom is -0.327 e. The molecule has 1 aliphatic rings. The van der Waals surface area contributed by atoms with Crippen molar-refractivity contribution >= 4 is 0 Å². The van der Waals surface area contributed by atoms with Crippen LogP contribution in [0.15, 0.2) is 0 Å². The summed E-state index contributed by atoms with van der Waals surface area (Å²) in [6.45, 7) is 4.58. The molecule has 0 saturated heterocycles. The van der Waals surface area contributed by atoms with E-state index in [9.17, 15) is 0 Å². The van der Waals surface area contributed by atoms with Crippen molar-refractivity contribution in [2.75, 3.05) is 0 Å². The van der Waals surface area contributed by atoms with Gasteiger partial charge in [0.1, 0.15) is 0 Å². The van der Waals surface area contributed by atoms with Gasteiger partial charge in [-0.2, -0.15) is 0 Å². The Morgan fingerprint density at radius 3 is 2.20 bits per heavy atom. The summed E-state index contributed by atoms with van der Waals surface area (Å²) in [5.74, 6) is 1.59. The van der Waals surface area contributed by atoms with Crippen LogP contribution in [-0.2, 0) is 0 Å². The van der Waals surface area contributed by atoms with Gasteiger partial charge in [-0.15, -0.1) is 0 Å². The summed E-state index contributed by atoms with van der Waals surface area (Å²) in [7, 11) is 0. The quantitative estimate of drug-likeness (QED) is 0.595. The van der Waals surface area contributed by atoms with Crippen LogP contribution in [0.5, 0.6) is 0 Å². The van der Waals surface area contributed by atoms with Crippen LogP contribution in [0, 0.1) is 11.8 Å². The zero-order valence-electron chi connectivity index (χ0n) is 7.14. The van der Waals surface area contributed by atoms with Crippen LogP contribution in [0.3, 0.4) is 0 Å². The second-order valence-electron chi connectivity index (χ2n) is 3.86.